The van der Waals surface area contributed by atoms with Gasteiger partial charge in [0.1, 0.15) is 10.6 Å². The van der Waals surface area contributed by atoms with Gasteiger partial charge in [-0.05, 0) is 18.9 Å². The molecule has 1 aliphatic rings. The van der Waals surface area contributed by atoms with Crippen LogP contribution in [0.2, 0.25) is 5.02 Å². The molecule has 0 bridgehead atoms. The summed E-state index contributed by atoms with van der Waals surface area (Å²) in [6.07, 6.45) is 2.32. The average Bonchev–Trinajstić information content (AvgIpc) is 3.29. The predicted octanol–water partition coefficient (Wildman–Crippen LogP) is 3.35. The van der Waals surface area contributed by atoms with Crippen LogP contribution in [-0.2, 0) is 4.65 Å². The molecule has 10 heteroatoms. The van der Waals surface area contributed by atoms with Crippen molar-refractivity contribution in [3.63, 3.8) is 0 Å². The van der Waals surface area contributed by atoms with Crippen LogP contribution in [0.25, 0.3) is 10.9 Å². The molecule has 1 heterocycles. The summed E-state index contributed by atoms with van der Waals surface area (Å²) in [5, 5.41) is -0.970. The molecular weight excluding hydrogens is 340 g/mol. The third-order valence-corrected chi connectivity index (χ3v) is 3.85. The molecule has 23 heavy (non-hydrogen) atoms. The van der Waals surface area contributed by atoms with Crippen molar-refractivity contribution in [3.8, 4) is 0 Å². The molecule has 0 aliphatic heterocycles. The largest absolute Gasteiger partial charge is 0.798 e. The fraction of sp³-hybridized carbons (Fsp3) is 0.231. The van der Waals surface area contributed by atoms with Crippen molar-refractivity contribution >= 4 is 35.9 Å². The van der Waals surface area contributed by atoms with E-state index in [9.17, 15) is 27.0 Å². The summed E-state index contributed by atoms with van der Waals surface area (Å²) in [6, 6.07) is 0.412. The minimum Gasteiger partial charge on any atom is -0.474 e. The Bertz CT molecular complexity index is 882. The van der Waals surface area contributed by atoms with Gasteiger partial charge >= 0.3 is 13.4 Å². The summed E-state index contributed by atoms with van der Waals surface area (Å²) >= 11 is 5.79. The van der Waals surface area contributed by atoms with E-state index in [1.165, 1.54) is 4.57 Å². The summed E-state index contributed by atoms with van der Waals surface area (Å²) in [5.41, 5.74) is -1.82. The summed E-state index contributed by atoms with van der Waals surface area (Å²) in [5.74, 6) is -4.24. The Balaban J connectivity index is 2.33. The van der Waals surface area contributed by atoms with Crippen LogP contribution in [0, 0.1) is 11.6 Å². The highest BCUT2D eigenvalue weighted by Gasteiger charge is 2.31. The smallest absolute Gasteiger partial charge is 0.474 e. The molecule has 0 radical (unpaired) electrons. The Labute approximate surface area is 131 Å². The molecule has 1 saturated carbocycles. The van der Waals surface area contributed by atoms with Gasteiger partial charge in [-0.25, -0.2) is 22.2 Å². The molecule has 3 rings (SSSR count). The number of halogens is 5. The van der Waals surface area contributed by atoms with Gasteiger partial charge in [-0.15, -0.1) is 0 Å². The molecule has 120 valence electrons. The van der Waals surface area contributed by atoms with E-state index in [0.29, 0.717) is 18.9 Å². The first-order valence-electron chi connectivity index (χ1n) is 6.52. The van der Waals surface area contributed by atoms with Crippen LogP contribution < -0.4 is 5.43 Å². The van der Waals surface area contributed by atoms with Gasteiger partial charge in [0.25, 0.3) is 0 Å². The molecule has 0 saturated heterocycles. The molecule has 2 aromatic rings. The van der Waals surface area contributed by atoms with Gasteiger partial charge in [0.15, 0.2) is 11.6 Å². The Morgan fingerprint density at radius 3 is 2.57 bits per heavy atom. The number of rotatable bonds is 3. The number of hydrogen-bond acceptors (Lipinski definition) is 3. The lowest BCUT2D eigenvalue weighted by molar-refractivity contribution is 0.0693. The van der Waals surface area contributed by atoms with Gasteiger partial charge < -0.3 is 9.22 Å². The minimum absolute atomic E-state index is 0.0772. The summed E-state index contributed by atoms with van der Waals surface area (Å²) in [4.78, 5) is 23.9. The van der Waals surface area contributed by atoms with Gasteiger partial charge in [-0.2, -0.15) is 0 Å². The Morgan fingerprint density at radius 2 is 2.00 bits per heavy atom. The van der Waals surface area contributed by atoms with Gasteiger partial charge in [-0.1, -0.05) is 11.6 Å². The van der Waals surface area contributed by atoms with Gasteiger partial charge in [-0.3, -0.25) is 4.79 Å². The molecule has 1 aliphatic carbocycles. The fourth-order valence-electron chi connectivity index (χ4n) is 2.35. The first kappa shape index (κ1) is 15.9. The average molecular weight is 347 g/mol. The zero-order valence-electron chi connectivity index (χ0n) is 11.3. The van der Waals surface area contributed by atoms with Crippen LogP contribution in [0.15, 0.2) is 17.1 Å². The zero-order chi connectivity index (χ0) is 16.9. The Kier molecular flexibility index (Phi) is 3.83. The molecule has 0 unspecified atom stereocenters. The summed E-state index contributed by atoms with van der Waals surface area (Å²) in [7, 11) is -3.40. The van der Waals surface area contributed by atoms with Gasteiger partial charge in [0.05, 0.1) is 10.9 Å². The second kappa shape index (κ2) is 5.56. The van der Waals surface area contributed by atoms with Crippen molar-refractivity contribution in [2.75, 3.05) is 0 Å². The normalized spacial score (nSPS) is 14.1. The zero-order valence-corrected chi connectivity index (χ0v) is 12.0. The second-order valence-corrected chi connectivity index (χ2v) is 5.44. The number of carbonyl (C=O) groups excluding carboxylic acids is 1. The third-order valence-electron chi connectivity index (χ3n) is 3.51. The van der Waals surface area contributed by atoms with Crippen molar-refractivity contribution < 1.29 is 26.9 Å². The van der Waals surface area contributed by atoms with E-state index in [-0.39, 0.29) is 16.9 Å². The highest BCUT2D eigenvalue weighted by Crippen LogP contribution is 2.39. The first-order valence-corrected chi connectivity index (χ1v) is 6.90. The van der Waals surface area contributed by atoms with Gasteiger partial charge in [0, 0.05) is 12.2 Å². The number of benzene rings is 1. The van der Waals surface area contributed by atoms with E-state index in [1.54, 1.807) is 0 Å². The number of nitrogens with zero attached hydrogens (tertiary/aromatic N) is 1. The van der Waals surface area contributed by atoms with Crippen LogP contribution >= 0.6 is 11.6 Å². The number of aromatic nitrogens is 1. The molecule has 1 fully saturated rings. The van der Waals surface area contributed by atoms with E-state index in [2.05, 4.69) is 4.65 Å². The van der Waals surface area contributed by atoms with Crippen LogP contribution in [0.3, 0.4) is 0 Å². The van der Waals surface area contributed by atoms with Crippen molar-refractivity contribution in [1.29, 1.82) is 0 Å². The highest BCUT2D eigenvalue weighted by molar-refractivity contribution is 6.38. The molecule has 0 spiro atoms. The van der Waals surface area contributed by atoms with E-state index in [4.69, 9.17) is 11.6 Å². The second-order valence-electron chi connectivity index (χ2n) is 5.06. The lowest BCUT2D eigenvalue weighted by Crippen LogP contribution is -2.24. The number of fused-ring (bicyclic) bond motifs is 1. The maximum atomic E-state index is 13.7. The van der Waals surface area contributed by atoms with Crippen molar-refractivity contribution in [3.05, 3.63) is 44.7 Å². The number of pyridine rings is 1. The molecule has 0 N–H and O–H groups in total. The van der Waals surface area contributed by atoms with E-state index in [1.807, 2.05) is 0 Å². The standard InChI is InChI=1S/C13H7BClF4NO3/c15-9-10(17)8(16)3-6-11(9)20(5-1-2-5)4-7(12(6)21)13(22)23-14(18)19/h3-5H,1-2H2. The lowest BCUT2D eigenvalue weighted by atomic mass is 10.1. The summed E-state index contributed by atoms with van der Waals surface area (Å²) < 4.78 is 56.6. The maximum absolute atomic E-state index is 13.7. The SMILES string of the molecule is O=C(OB(F)F)c1cn(C2CC2)c2c(Cl)c(F)c(F)cc2c1=O. The maximum Gasteiger partial charge on any atom is 0.798 e. The molecule has 0 amide bonds. The number of hydrogen-bond donors (Lipinski definition) is 0. The minimum atomic E-state index is -3.40. The topological polar surface area (TPSA) is 48.3 Å². The van der Waals surface area contributed by atoms with Gasteiger partial charge in [0.2, 0.25) is 5.43 Å². The van der Waals surface area contributed by atoms with Crippen molar-refractivity contribution in [1.82, 2.24) is 4.57 Å². The molecule has 1 aromatic carbocycles. The van der Waals surface area contributed by atoms with Crippen LogP contribution in [-0.4, -0.2) is 18.0 Å². The summed E-state index contributed by atoms with van der Waals surface area (Å²) in [6.45, 7) is 0. The van der Waals surface area contributed by atoms with E-state index >= 15 is 0 Å². The first-order chi connectivity index (χ1) is 10.8. The van der Waals surface area contributed by atoms with Crippen molar-refractivity contribution in [2.45, 2.75) is 18.9 Å². The van der Waals surface area contributed by atoms with Crippen LogP contribution in [0.4, 0.5) is 17.4 Å². The van der Waals surface area contributed by atoms with E-state index < -0.39 is 41.1 Å². The highest BCUT2D eigenvalue weighted by atomic mass is 35.5. The van der Waals surface area contributed by atoms with Crippen molar-refractivity contribution in [2.24, 2.45) is 0 Å². The molecular formula is C13H7BClF4NO3. The Hall–Kier alpha value is -2.03. The quantitative estimate of drug-likeness (QED) is 0.486. The van der Waals surface area contributed by atoms with E-state index in [0.717, 1.165) is 6.20 Å². The fourth-order valence-corrected chi connectivity index (χ4v) is 2.64. The van der Waals surface area contributed by atoms with Crippen LogP contribution in [0.5, 0.6) is 0 Å². The monoisotopic (exact) mass is 347 g/mol. The van der Waals surface area contributed by atoms with Crippen LogP contribution in [0.1, 0.15) is 29.2 Å². The number of carbonyl (C=O) groups is 1. The third kappa shape index (κ3) is 2.69. The molecule has 1 aromatic heterocycles. The predicted molar refractivity (Wildman–Crippen MR) is 74.8 cm³/mol. The lowest BCUT2D eigenvalue weighted by Gasteiger charge is -2.14. The molecule has 4 nitrogen and oxygen atoms in total. The molecule has 0 atom stereocenters. The Morgan fingerprint density at radius 1 is 1.35 bits per heavy atom.